The average molecular weight is 183 g/mol. The molecular formula is C11H21NO. The van der Waals surface area contributed by atoms with Crippen LogP contribution >= 0.6 is 0 Å². The number of rotatable bonds is 4. The minimum atomic E-state index is 0.567. The van der Waals surface area contributed by atoms with Crippen LogP contribution in [-0.2, 0) is 4.79 Å². The first kappa shape index (κ1) is 10.7. The molecule has 1 aliphatic rings. The Labute approximate surface area is 81.3 Å². The first-order chi connectivity index (χ1) is 6.20. The lowest BCUT2D eigenvalue weighted by molar-refractivity contribution is -0.108. The fourth-order valence-corrected chi connectivity index (χ4v) is 1.91. The maximum atomic E-state index is 10.2. The van der Waals surface area contributed by atoms with Gasteiger partial charge in [-0.1, -0.05) is 20.3 Å². The zero-order valence-corrected chi connectivity index (χ0v) is 8.88. The quantitative estimate of drug-likeness (QED) is 0.622. The number of nitrogens with zero attached hydrogens (tertiary/aromatic N) is 1. The van der Waals surface area contributed by atoms with Crippen LogP contribution in [-0.4, -0.2) is 30.8 Å². The number of carbonyl (C=O) groups is 1. The molecule has 0 aromatic rings. The second-order valence-electron chi connectivity index (χ2n) is 4.46. The van der Waals surface area contributed by atoms with Gasteiger partial charge < -0.3 is 9.69 Å². The Bertz CT molecular complexity index is 159. The standard InChI is InChI=1S/C11H21NO/c1-3-11(2)5-8-12(9-6-11)7-4-10-13/h10H,3-9H2,1-2H3. The zero-order valence-electron chi connectivity index (χ0n) is 8.88. The van der Waals surface area contributed by atoms with Crippen LogP contribution in [0.5, 0.6) is 0 Å². The van der Waals surface area contributed by atoms with Crippen molar-refractivity contribution in [2.45, 2.75) is 39.5 Å². The lowest BCUT2D eigenvalue weighted by Gasteiger charge is -2.38. The Kier molecular flexibility index (Phi) is 3.91. The monoisotopic (exact) mass is 183 g/mol. The molecule has 2 nitrogen and oxygen atoms in total. The fraction of sp³-hybridized carbons (Fsp3) is 0.909. The molecule has 13 heavy (non-hydrogen) atoms. The SMILES string of the molecule is CCC1(C)CCN(CCC=O)CC1. The highest BCUT2D eigenvalue weighted by Crippen LogP contribution is 2.33. The van der Waals surface area contributed by atoms with Crippen LogP contribution in [0.15, 0.2) is 0 Å². The summed E-state index contributed by atoms with van der Waals surface area (Å²) in [6.07, 6.45) is 5.59. The summed E-state index contributed by atoms with van der Waals surface area (Å²) in [5.74, 6) is 0. The molecule has 0 unspecified atom stereocenters. The number of carbonyl (C=O) groups excluding carboxylic acids is 1. The van der Waals surface area contributed by atoms with Gasteiger partial charge in [0, 0.05) is 13.0 Å². The Balaban J connectivity index is 2.26. The third-order valence-electron chi connectivity index (χ3n) is 3.48. The van der Waals surface area contributed by atoms with Gasteiger partial charge in [-0.3, -0.25) is 0 Å². The number of piperidine rings is 1. The second-order valence-corrected chi connectivity index (χ2v) is 4.46. The molecule has 1 rings (SSSR count). The summed E-state index contributed by atoms with van der Waals surface area (Å²) in [6.45, 7) is 7.98. The van der Waals surface area contributed by atoms with Crippen LogP contribution < -0.4 is 0 Å². The van der Waals surface area contributed by atoms with E-state index in [1.807, 2.05) is 0 Å². The summed E-state index contributed by atoms with van der Waals surface area (Å²) >= 11 is 0. The van der Waals surface area contributed by atoms with E-state index in [1.54, 1.807) is 0 Å². The Hall–Kier alpha value is -0.370. The van der Waals surface area contributed by atoms with Gasteiger partial charge in [-0.05, 0) is 31.3 Å². The van der Waals surface area contributed by atoms with Gasteiger partial charge in [0.1, 0.15) is 6.29 Å². The number of aldehydes is 1. The van der Waals surface area contributed by atoms with Gasteiger partial charge in [0.25, 0.3) is 0 Å². The molecule has 0 aromatic carbocycles. The first-order valence-corrected chi connectivity index (χ1v) is 5.36. The van der Waals surface area contributed by atoms with Crippen molar-refractivity contribution in [1.82, 2.24) is 4.90 Å². The molecule has 0 saturated carbocycles. The molecule has 0 aliphatic carbocycles. The predicted molar refractivity (Wildman–Crippen MR) is 54.8 cm³/mol. The van der Waals surface area contributed by atoms with Crippen molar-refractivity contribution >= 4 is 6.29 Å². The highest BCUT2D eigenvalue weighted by atomic mass is 16.1. The summed E-state index contributed by atoms with van der Waals surface area (Å²) in [7, 11) is 0. The Morgan fingerprint density at radius 1 is 1.38 bits per heavy atom. The molecular weight excluding hydrogens is 162 g/mol. The van der Waals surface area contributed by atoms with Crippen molar-refractivity contribution in [1.29, 1.82) is 0 Å². The van der Waals surface area contributed by atoms with E-state index in [9.17, 15) is 4.79 Å². The molecule has 0 aromatic heterocycles. The second kappa shape index (κ2) is 4.75. The van der Waals surface area contributed by atoms with E-state index in [0.29, 0.717) is 11.8 Å². The van der Waals surface area contributed by atoms with Gasteiger partial charge in [-0.15, -0.1) is 0 Å². The summed E-state index contributed by atoms with van der Waals surface area (Å²) in [4.78, 5) is 12.6. The number of likely N-dealkylation sites (tertiary alicyclic amines) is 1. The Morgan fingerprint density at radius 3 is 2.46 bits per heavy atom. The van der Waals surface area contributed by atoms with Gasteiger partial charge in [0.2, 0.25) is 0 Å². The molecule has 1 fully saturated rings. The molecule has 0 N–H and O–H groups in total. The van der Waals surface area contributed by atoms with Gasteiger partial charge in [0.05, 0.1) is 0 Å². The molecule has 0 radical (unpaired) electrons. The summed E-state index contributed by atoms with van der Waals surface area (Å²) in [5.41, 5.74) is 0.567. The lowest BCUT2D eigenvalue weighted by atomic mass is 9.78. The molecule has 76 valence electrons. The zero-order chi connectivity index (χ0) is 9.73. The lowest BCUT2D eigenvalue weighted by Crippen LogP contribution is -2.38. The molecule has 1 saturated heterocycles. The third-order valence-corrected chi connectivity index (χ3v) is 3.48. The fourth-order valence-electron chi connectivity index (χ4n) is 1.91. The van der Waals surface area contributed by atoms with Crippen molar-refractivity contribution in [3.63, 3.8) is 0 Å². The predicted octanol–water partition coefficient (Wildman–Crippen LogP) is 2.09. The molecule has 1 heterocycles. The minimum Gasteiger partial charge on any atom is -0.303 e. The largest absolute Gasteiger partial charge is 0.303 e. The van der Waals surface area contributed by atoms with Crippen molar-refractivity contribution in [2.24, 2.45) is 5.41 Å². The molecule has 0 atom stereocenters. The summed E-state index contributed by atoms with van der Waals surface area (Å²) < 4.78 is 0. The van der Waals surface area contributed by atoms with Gasteiger partial charge in [-0.2, -0.15) is 0 Å². The maximum absolute atomic E-state index is 10.2. The van der Waals surface area contributed by atoms with E-state index in [-0.39, 0.29) is 0 Å². The van der Waals surface area contributed by atoms with E-state index in [2.05, 4.69) is 18.7 Å². The molecule has 0 amide bonds. The van der Waals surface area contributed by atoms with Crippen LogP contribution in [0.2, 0.25) is 0 Å². The maximum Gasteiger partial charge on any atom is 0.121 e. The van der Waals surface area contributed by atoms with Crippen LogP contribution in [0.25, 0.3) is 0 Å². The molecule has 1 aliphatic heterocycles. The van der Waals surface area contributed by atoms with Crippen molar-refractivity contribution < 1.29 is 4.79 Å². The van der Waals surface area contributed by atoms with E-state index >= 15 is 0 Å². The van der Waals surface area contributed by atoms with E-state index in [4.69, 9.17) is 0 Å². The van der Waals surface area contributed by atoms with Crippen LogP contribution in [0.3, 0.4) is 0 Å². The van der Waals surface area contributed by atoms with Crippen molar-refractivity contribution in [3.05, 3.63) is 0 Å². The van der Waals surface area contributed by atoms with Crippen LogP contribution in [0, 0.1) is 5.41 Å². The number of hydrogen-bond donors (Lipinski definition) is 0. The summed E-state index contributed by atoms with van der Waals surface area (Å²) in [6, 6.07) is 0. The van der Waals surface area contributed by atoms with Crippen LogP contribution in [0.1, 0.15) is 39.5 Å². The third kappa shape index (κ3) is 3.11. The first-order valence-electron chi connectivity index (χ1n) is 5.36. The van der Waals surface area contributed by atoms with Gasteiger partial charge in [-0.25, -0.2) is 0 Å². The highest BCUT2D eigenvalue weighted by molar-refractivity contribution is 5.49. The molecule has 0 bridgehead atoms. The number of hydrogen-bond acceptors (Lipinski definition) is 2. The van der Waals surface area contributed by atoms with E-state index in [1.165, 1.54) is 32.4 Å². The molecule has 2 heteroatoms. The van der Waals surface area contributed by atoms with E-state index < -0.39 is 0 Å². The normalized spacial score (nSPS) is 22.9. The van der Waals surface area contributed by atoms with Crippen molar-refractivity contribution in [3.8, 4) is 0 Å². The summed E-state index contributed by atoms with van der Waals surface area (Å²) in [5, 5.41) is 0. The smallest absolute Gasteiger partial charge is 0.121 e. The van der Waals surface area contributed by atoms with Crippen LogP contribution in [0.4, 0.5) is 0 Å². The topological polar surface area (TPSA) is 20.3 Å². The Morgan fingerprint density at radius 2 is 2.00 bits per heavy atom. The molecule has 0 spiro atoms. The van der Waals surface area contributed by atoms with Gasteiger partial charge in [0.15, 0.2) is 0 Å². The highest BCUT2D eigenvalue weighted by Gasteiger charge is 2.27. The average Bonchev–Trinajstić information content (AvgIpc) is 2.17. The van der Waals surface area contributed by atoms with E-state index in [0.717, 1.165) is 12.8 Å². The minimum absolute atomic E-state index is 0.567. The van der Waals surface area contributed by atoms with Crippen molar-refractivity contribution in [2.75, 3.05) is 19.6 Å². The van der Waals surface area contributed by atoms with Gasteiger partial charge >= 0.3 is 0 Å².